The average molecular weight is 290 g/mol. The largest absolute Gasteiger partial charge is 0.460 e. The van der Waals surface area contributed by atoms with Gasteiger partial charge in [-0.25, -0.2) is 4.99 Å². The lowest BCUT2D eigenvalue weighted by Crippen LogP contribution is -2.25. The molecule has 0 aromatic heterocycles. The van der Waals surface area contributed by atoms with E-state index >= 15 is 0 Å². The molecule has 1 aromatic carbocycles. The van der Waals surface area contributed by atoms with Crippen molar-refractivity contribution >= 4 is 11.8 Å². The van der Waals surface area contributed by atoms with Gasteiger partial charge < -0.3 is 15.6 Å². The van der Waals surface area contributed by atoms with E-state index in [0.717, 1.165) is 17.5 Å². The van der Waals surface area contributed by atoms with Crippen molar-refractivity contribution in [1.29, 1.82) is 0 Å². The topological polar surface area (TPSA) is 84.9 Å². The summed E-state index contributed by atoms with van der Waals surface area (Å²) < 4.78 is 5.40. The minimum atomic E-state index is -0.441. The number of amidine groups is 1. The summed E-state index contributed by atoms with van der Waals surface area (Å²) in [7, 11) is 0. The third-order valence-electron chi connectivity index (χ3n) is 3.38. The van der Waals surface area contributed by atoms with Gasteiger partial charge in [0.1, 0.15) is 18.2 Å². The van der Waals surface area contributed by atoms with Crippen LogP contribution in [0.5, 0.6) is 0 Å². The number of carbonyl (C=O) groups is 1. The van der Waals surface area contributed by atoms with E-state index < -0.39 is 5.60 Å². The number of nitrogens with zero attached hydrogens (tertiary/aromatic N) is 1. The molecule has 2 rings (SSSR count). The van der Waals surface area contributed by atoms with E-state index in [1.165, 1.54) is 0 Å². The number of esters is 1. The summed E-state index contributed by atoms with van der Waals surface area (Å²) in [4.78, 5) is 15.7. The summed E-state index contributed by atoms with van der Waals surface area (Å²) in [5.74, 6) is 0.366. The molecule has 3 N–H and O–H groups in total. The van der Waals surface area contributed by atoms with E-state index in [-0.39, 0.29) is 24.5 Å². The summed E-state index contributed by atoms with van der Waals surface area (Å²) >= 11 is 0. The van der Waals surface area contributed by atoms with E-state index in [1.54, 1.807) is 0 Å². The molecular formula is C16H22N2O3. The third-order valence-corrected chi connectivity index (χ3v) is 3.38. The van der Waals surface area contributed by atoms with Gasteiger partial charge in [0.2, 0.25) is 0 Å². The van der Waals surface area contributed by atoms with Crippen LogP contribution in [0.15, 0.2) is 29.3 Å². The molecule has 0 saturated heterocycles. The Morgan fingerprint density at radius 1 is 1.38 bits per heavy atom. The Hall–Kier alpha value is -1.88. The molecule has 1 fully saturated rings. The zero-order chi connectivity index (χ0) is 15.6. The monoisotopic (exact) mass is 290 g/mol. The van der Waals surface area contributed by atoms with Crippen molar-refractivity contribution in [2.75, 3.05) is 6.73 Å². The van der Waals surface area contributed by atoms with Crippen LogP contribution in [-0.4, -0.2) is 29.2 Å². The number of ether oxygens (including phenoxy) is 1. The van der Waals surface area contributed by atoms with Crippen LogP contribution >= 0.6 is 0 Å². The lowest BCUT2D eigenvalue weighted by Gasteiger charge is -2.19. The van der Waals surface area contributed by atoms with Crippen molar-refractivity contribution in [3.8, 4) is 0 Å². The second kappa shape index (κ2) is 5.85. The average Bonchev–Trinajstić information content (AvgIpc) is 3.17. The fourth-order valence-electron chi connectivity index (χ4n) is 2.27. The van der Waals surface area contributed by atoms with Gasteiger partial charge in [0.15, 0.2) is 0 Å². The molecule has 1 aliphatic carbocycles. The highest BCUT2D eigenvalue weighted by atomic mass is 16.6. The van der Waals surface area contributed by atoms with Crippen LogP contribution in [0.3, 0.4) is 0 Å². The van der Waals surface area contributed by atoms with Crippen molar-refractivity contribution in [3.63, 3.8) is 0 Å². The number of nitrogens with two attached hydrogens (primary N) is 1. The van der Waals surface area contributed by atoms with E-state index in [9.17, 15) is 4.79 Å². The second-order valence-electron chi connectivity index (χ2n) is 6.29. The third kappa shape index (κ3) is 4.04. The van der Waals surface area contributed by atoms with Crippen LogP contribution in [0.25, 0.3) is 0 Å². The van der Waals surface area contributed by atoms with Crippen molar-refractivity contribution in [2.24, 2.45) is 16.6 Å². The normalized spacial score (nSPS) is 22.0. The second-order valence-corrected chi connectivity index (χ2v) is 6.29. The summed E-state index contributed by atoms with van der Waals surface area (Å²) in [5, 5.41) is 8.72. The molecular weight excluding hydrogens is 268 g/mol. The fourth-order valence-corrected chi connectivity index (χ4v) is 2.27. The molecule has 1 aliphatic rings. The van der Waals surface area contributed by atoms with Crippen LogP contribution in [0.1, 0.15) is 44.2 Å². The number of hydrogen-bond acceptors (Lipinski definition) is 4. The van der Waals surface area contributed by atoms with Gasteiger partial charge in [-0.3, -0.25) is 4.79 Å². The van der Waals surface area contributed by atoms with Gasteiger partial charge in [0.25, 0.3) is 0 Å². The smallest absolute Gasteiger partial charge is 0.310 e. The van der Waals surface area contributed by atoms with Gasteiger partial charge in [0.05, 0.1) is 5.92 Å². The molecule has 2 atom stereocenters. The Bertz CT molecular complexity index is 544. The van der Waals surface area contributed by atoms with Gasteiger partial charge in [0, 0.05) is 5.56 Å². The van der Waals surface area contributed by atoms with Crippen LogP contribution in [0, 0.1) is 5.92 Å². The molecule has 0 heterocycles. The Morgan fingerprint density at radius 2 is 2.00 bits per heavy atom. The number of aliphatic imine (C=N–C) groups is 1. The van der Waals surface area contributed by atoms with E-state index in [2.05, 4.69) is 4.99 Å². The van der Waals surface area contributed by atoms with Gasteiger partial charge in [-0.1, -0.05) is 24.3 Å². The maximum atomic E-state index is 12.0. The molecule has 2 unspecified atom stereocenters. The molecule has 0 bridgehead atoms. The fraction of sp³-hybridized carbons (Fsp3) is 0.500. The van der Waals surface area contributed by atoms with Crippen LogP contribution in [0.2, 0.25) is 0 Å². The molecule has 0 radical (unpaired) electrons. The van der Waals surface area contributed by atoms with E-state index in [4.69, 9.17) is 15.6 Å². The van der Waals surface area contributed by atoms with Gasteiger partial charge in [-0.05, 0) is 38.7 Å². The standard InChI is InChI=1S/C16H22N2O3/c1-16(2,3)21-15(20)13-8-12(13)10-4-6-11(7-5-10)14(17)18-9-19/h4-7,12-13,19H,8-9H2,1-3H3,(H2,17,18). The van der Waals surface area contributed by atoms with E-state index in [1.807, 2.05) is 45.0 Å². The summed E-state index contributed by atoms with van der Waals surface area (Å²) in [5.41, 5.74) is 7.14. The predicted molar refractivity (Wildman–Crippen MR) is 80.9 cm³/mol. The first-order chi connectivity index (χ1) is 9.81. The summed E-state index contributed by atoms with van der Waals surface area (Å²) in [6.45, 7) is 5.30. The molecule has 0 amide bonds. The summed E-state index contributed by atoms with van der Waals surface area (Å²) in [6.07, 6.45) is 0.828. The Labute approximate surface area is 124 Å². The lowest BCUT2D eigenvalue weighted by molar-refractivity contribution is -0.156. The maximum absolute atomic E-state index is 12.0. The Balaban J connectivity index is 1.99. The van der Waals surface area contributed by atoms with Crippen LogP contribution in [0.4, 0.5) is 0 Å². The number of hydrogen-bond donors (Lipinski definition) is 2. The van der Waals surface area contributed by atoms with Crippen LogP contribution in [-0.2, 0) is 9.53 Å². The van der Waals surface area contributed by atoms with Gasteiger partial charge in [-0.15, -0.1) is 0 Å². The molecule has 1 aromatic rings. The van der Waals surface area contributed by atoms with Gasteiger partial charge >= 0.3 is 5.97 Å². The number of aliphatic hydroxyl groups is 1. The Morgan fingerprint density at radius 3 is 2.52 bits per heavy atom. The SMILES string of the molecule is CC(C)(C)OC(=O)C1CC1c1ccc(/C(N)=N/CO)cc1. The van der Waals surface area contributed by atoms with Crippen molar-refractivity contribution in [3.05, 3.63) is 35.4 Å². The first-order valence-electron chi connectivity index (χ1n) is 7.06. The number of rotatable bonds is 4. The van der Waals surface area contributed by atoms with Crippen LogP contribution < -0.4 is 5.73 Å². The molecule has 0 aliphatic heterocycles. The highest BCUT2D eigenvalue weighted by molar-refractivity contribution is 5.97. The minimum absolute atomic E-state index is 0.0430. The quantitative estimate of drug-likeness (QED) is 0.503. The molecule has 21 heavy (non-hydrogen) atoms. The molecule has 1 saturated carbocycles. The molecule has 0 spiro atoms. The number of carbonyl (C=O) groups excluding carboxylic acids is 1. The lowest BCUT2D eigenvalue weighted by atomic mass is 10.1. The highest BCUT2D eigenvalue weighted by Gasteiger charge is 2.46. The minimum Gasteiger partial charge on any atom is -0.460 e. The van der Waals surface area contributed by atoms with Crippen molar-refractivity contribution < 1.29 is 14.6 Å². The Kier molecular flexibility index (Phi) is 4.32. The zero-order valence-electron chi connectivity index (χ0n) is 12.7. The maximum Gasteiger partial charge on any atom is 0.310 e. The van der Waals surface area contributed by atoms with Crippen molar-refractivity contribution in [2.45, 2.75) is 38.7 Å². The van der Waals surface area contributed by atoms with Crippen molar-refractivity contribution in [1.82, 2.24) is 0 Å². The molecule has 5 nitrogen and oxygen atoms in total. The number of aliphatic hydroxyl groups excluding tert-OH is 1. The first-order valence-corrected chi connectivity index (χ1v) is 7.06. The molecule has 114 valence electrons. The molecule has 5 heteroatoms. The predicted octanol–water partition coefficient (Wildman–Crippen LogP) is 1.79. The first kappa shape index (κ1) is 15.5. The zero-order valence-corrected chi connectivity index (χ0v) is 12.7. The number of benzene rings is 1. The summed E-state index contributed by atoms with van der Waals surface area (Å²) in [6, 6.07) is 7.61. The van der Waals surface area contributed by atoms with E-state index in [0.29, 0.717) is 5.84 Å². The highest BCUT2D eigenvalue weighted by Crippen LogP contribution is 2.48. The van der Waals surface area contributed by atoms with Gasteiger partial charge in [-0.2, -0.15) is 0 Å².